The molecule has 9 heteroatoms. The number of carboxylic acids is 1. The van der Waals surface area contributed by atoms with Crippen LogP contribution in [0, 0.1) is 0 Å². The fourth-order valence-corrected chi connectivity index (χ4v) is 1.30. The third-order valence-electron chi connectivity index (χ3n) is 2.24. The lowest BCUT2D eigenvalue weighted by Gasteiger charge is -2.07. The van der Waals surface area contributed by atoms with E-state index in [2.05, 4.69) is 0 Å². The van der Waals surface area contributed by atoms with Gasteiger partial charge in [0.05, 0.1) is 59.5 Å². The Kier molecular flexibility index (Phi) is 16.2. The molecule has 0 bridgehead atoms. The predicted molar refractivity (Wildman–Crippen MR) is 78.4 cm³/mol. The van der Waals surface area contributed by atoms with Crippen LogP contribution in [0.15, 0.2) is 0 Å². The minimum absolute atomic E-state index is 0.0682. The molecule has 1 N–H and O–H groups in total. The second-order valence-corrected chi connectivity index (χ2v) is 4.14. The normalized spacial score (nSPS) is 10.7. The van der Waals surface area contributed by atoms with E-state index in [1.807, 2.05) is 0 Å². The Morgan fingerprint density at radius 1 is 0.696 bits per heavy atom. The number of esters is 1. The molecule has 0 aliphatic rings. The molecular formula is C14H26O9. The average molecular weight is 338 g/mol. The molecule has 0 aliphatic carbocycles. The quantitative estimate of drug-likeness (QED) is 0.283. The summed E-state index contributed by atoms with van der Waals surface area (Å²) in [6.45, 7) is 4.61. The van der Waals surface area contributed by atoms with Gasteiger partial charge in [0.15, 0.2) is 0 Å². The van der Waals surface area contributed by atoms with E-state index >= 15 is 0 Å². The fraction of sp³-hybridized carbons (Fsp3) is 0.857. The molecule has 0 fully saturated rings. The number of carbonyl (C=O) groups excluding carboxylic acids is 1. The first-order valence-corrected chi connectivity index (χ1v) is 7.43. The van der Waals surface area contributed by atoms with Crippen molar-refractivity contribution in [2.45, 2.75) is 6.92 Å². The van der Waals surface area contributed by atoms with Crippen LogP contribution in [-0.4, -0.2) is 89.7 Å². The summed E-state index contributed by atoms with van der Waals surface area (Å²) < 4.78 is 30.2. The van der Waals surface area contributed by atoms with Crippen LogP contribution in [0.25, 0.3) is 0 Å². The third-order valence-corrected chi connectivity index (χ3v) is 2.24. The molecule has 0 heterocycles. The van der Waals surface area contributed by atoms with Crippen molar-refractivity contribution in [1.29, 1.82) is 0 Å². The molecule has 0 unspecified atom stereocenters. The van der Waals surface area contributed by atoms with Crippen LogP contribution in [0.5, 0.6) is 0 Å². The minimum atomic E-state index is -1.00. The van der Waals surface area contributed by atoms with Gasteiger partial charge in [-0.05, 0) is 6.92 Å². The summed E-state index contributed by atoms with van der Waals surface area (Å²) in [5.74, 6) is -1.39. The van der Waals surface area contributed by atoms with Gasteiger partial charge in [-0.25, -0.2) is 9.59 Å². The molecule has 0 saturated carbocycles. The van der Waals surface area contributed by atoms with Gasteiger partial charge >= 0.3 is 11.9 Å². The van der Waals surface area contributed by atoms with Crippen LogP contribution in [-0.2, 0) is 38.0 Å². The van der Waals surface area contributed by atoms with Crippen LogP contribution < -0.4 is 0 Å². The lowest BCUT2D eigenvalue weighted by molar-refractivity contribution is -0.149. The molecule has 0 aromatic carbocycles. The molecule has 23 heavy (non-hydrogen) atoms. The summed E-state index contributed by atoms with van der Waals surface area (Å²) in [5, 5.41) is 8.32. The number of carbonyl (C=O) groups is 2. The lowest BCUT2D eigenvalue weighted by atomic mass is 10.6. The van der Waals surface area contributed by atoms with E-state index in [9.17, 15) is 9.59 Å². The molecule has 136 valence electrons. The van der Waals surface area contributed by atoms with E-state index in [0.717, 1.165) is 0 Å². The van der Waals surface area contributed by atoms with Gasteiger partial charge in [0.25, 0.3) is 0 Å². The average Bonchev–Trinajstić information content (AvgIpc) is 2.51. The van der Waals surface area contributed by atoms with Gasteiger partial charge in [-0.2, -0.15) is 0 Å². The van der Waals surface area contributed by atoms with Gasteiger partial charge < -0.3 is 33.5 Å². The molecular weight excluding hydrogens is 312 g/mol. The van der Waals surface area contributed by atoms with E-state index in [0.29, 0.717) is 52.9 Å². The highest BCUT2D eigenvalue weighted by Crippen LogP contribution is 1.85. The second kappa shape index (κ2) is 17.1. The minimum Gasteiger partial charge on any atom is -0.480 e. The number of aliphatic carboxylic acids is 1. The molecule has 0 aromatic rings. The summed E-state index contributed by atoms with van der Waals surface area (Å²) in [7, 11) is 0. The Morgan fingerprint density at radius 3 is 1.48 bits per heavy atom. The van der Waals surface area contributed by atoms with Crippen molar-refractivity contribution in [2.24, 2.45) is 0 Å². The van der Waals surface area contributed by atoms with Crippen molar-refractivity contribution in [1.82, 2.24) is 0 Å². The maximum absolute atomic E-state index is 10.9. The number of rotatable bonds is 17. The molecule has 0 amide bonds. The molecule has 0 saturated heterocycles. The Hall–Kier alpha value is -1.26. The molecule has 0 aliphatic heterocycles. The van der Waals surface area contributed by atoms with Gasteiger partial charge in [0.2, 0.25) is 0 Å². The van der Waals surface area contributed by atoms with Crippen LogP contribution in [0.1, 0.15) is 6.92 Å². The fourth-order valence-electron chi connectivity index (χ4n) is 1.30. The van der Waals surface area contributed by atoms with Crippen molar-refractivity contribution in [3.05, 3.63) is 0 Å². The van der Waals surface area contributed by atoms with Crippen LogP contribution in [0.4, 0.5) is 0 Å². The maximum atomic E-state index is 10.9. The molecule has 0 radical (unpaired) electrons. The zero-order valence-electron chi connectivity index (χ0n) is 13.5. The first kappa shape index (κ1) is 21.7. The Labute approximate surface area is 135 Å². The Bertz CT molecular complexity index is 296. The molecule has 0 spiro atoms. The Morgan fingerprint density at radius 2 is 1.09 bits per heavy atom. The molecule has 9 nitrogen and oxygen atoms in total. The zero-order valence-corrected chi connectivity index (χ0v) is 13.5. The van der Waals surface area contributed by atoms with Crippen LogP contribution >= 0.6 is 0 Å². The second-order valence-electron chi connectivity index (χ2n) is 4.14. The van der Waals surface area contributed by atoms with Gasteiger partial charge in [0.1, 0.15) is 13.2 Å². The highest BCUT2D eigenvalue weighted by atomic mass is 16.6. The van der Waals surface area contributed by atoms with E-state index in [-0.39, 0.29) is 25.8 Å². The lowest BCUT2D eigenvalue weighted by Crippen LogP contribution is -2.16. The third kappa shape index (κ3) is 18.7. The number of carboxylic acid groups (broad SMARTS) is 1. The van der Waals surface area contributed by atoms with Gasteiger partial charge in [0, 0.05) is 0 Å². The summed E-state index contributed by atoms with van der Waals surface area (Å²) in [4.78, 5) is 21.1. The highest BCUT2D eigenvalue weighted by molar-refractivity contribution is 5.70. The van der Waals surface area contributed by atoms with Crippen molar-refractivity contribution in [3.8, 4) is 0 Å². The zero-order chi connectivity index (χ0) is 17.2. The first-order chi connectivity index (χ1) is 11.2. The van der Waals surface area contributed by atoms with E-state index < -0.39 is 5.97 Å². The summed E-state index contributed by atoms with van der Waals surface area (Å²) >= 11 is 0. The van der Waals surface area contributed by atoms with Crippen LogP contribution in [0.2, 0.25) is 0 Å². The SMILES string of the molecule is CCOC(=O)COCCOCCOCCOCCOCC(=O)O. The number of hydrogen-bond donors (Lipinski definition) is 1. The topological polar surface area (TPSA) is 110 Å². The van der Waals surface area contributed by atoms with E-state index in [1.54, 1.807) is 6.92 Å². The maximum Gasteiger partial charge on any atom is 0.332 e. The van der Waals surface area contributed by atoms with Crippen molar-refractivity contribution >= 4 is 11.9 Å². The number of ether oxygens (including phenoxy) is 6. The summed E-state index contributed by atoms with van der Waals surface area (Å²) in [6, 6.07) is 0. The predicted octanol–water partition coefficient (Wildman–Crippen LogP) is -0.283. The Balaban J connectivity index is 3.05. The first-order valence-electron chi connectivity index (χ1n) is 7.43. The summed E-state index contributed by atoms with van der Waals surface area (Å²) in [6.07, 6.45) is 0. The highest BCUT2D eigenvalue weighted by Gasteiger charge is 2.00. The summed E-state index contributed by atoms with van der Waals surface area (Å²) in [5.41, 5.74) is 0. The van der Waals surface area contributed by atoms with Crippen molar-refractivity contribution in [2.75, 3.05) is 72.7 Å². The molecule has 0 rings (SSSR count). The standard InChI is InChI=1S/C14H26O9/c1-2-23-14(17)12-22-10-8-20-6-4-18-3-5-19-7-9-21-11-13(15)16/h2-12H2,1H3,(H,15,16). The largest absolute Gasteiger partial charge is 0.480 e. The van der Waals surface area contributed by atoms with Crippen molar-refractivity contribution < 1.29 is 43.1 Å². The van der Waals surface area contributed by atoms with Gasteiger partial charge in [-0.15, -0.1) is 0 Å². The van der Waals surface area contributed by atoms with Crippen LogP contribution in [0.3, 0.4) is 0 Å². The van der Waals surface area contributed by atoms with Gasteiger partial charge in [-0.1, -0.05) is 0 Å². The van der Waals surface area contributed by atoms with E-state index in [4.69, 9.17) is 33.5 Å². The smallest absolute Gasteiger partial charge is 0.332 e. The van der Waals surface area contributed by atoms with Crippen molar-refractivity contribution in [3.63, 3.8) is 0 Å². The van der Waals surface area contributed by atoms with E-state index in [1.165, 1.54) is 0 Å². The molecule has 0 atom stereocenters. The van der Waals surface area contributed by atoms with Gasteiger partial charge in [-0.3, -0.25) is 0 Å². The number of hydrogen-bond acceptors (Lipinski definition) is 8. The molecule has 0 aromatic heterocycles. The monoisotopic (exact) mass is 338 g/mol.